The van der Waals surface area contributed by atoms with E-state index in [2.05, 4.69) is 66.8 Å². The van der Waals surface area contributed by atoms with Crippen LogP contribution in [0.1, 0.15) is 30.9 Å². The molecule has 112 valence electrons. The fourth-order valence-electron chi connectivity index (χ4n) is 2.30. The fraction of sp³-hybridized carbons (Fsp3) is 0.368. The van der Waals surface area contributed by atoms with Crippen LogP contribution in [0.4, 0.5) is 0 Å². The van der Waals surface area contributed by atoms with Gasteiger partial charge in [0.05, 0.1) is 6.61 Å². The molecule has 0 aliphatic heterocycles. The van der Waals surface area contributed by atoms with E-state index in [1.807, 2.05) is 6.07 Å². The highest BCUT2D eigenvalue weighted by Gasteiger charge is 2.05. The molecule has 0 aliphatic rings. The molecule has 0 bridgehead atoms. The van der Waals surface area contributed by atoms with Crippen molar-refractivity contribution in [2.75, 3.05) is 6.61 Å². The highest BCUT2D eigenvalue weighted by molar-refractivity contribution is 5.14. The van der Waals surface area contributed by atoms with Crippen molar-refractivity contribution in [3.63, 3.8) is 0 Å². The topological polar surface area (TPSA) is 21.3 Å². The van der Waals surface area contributed by atoms with Gasteiger partial charge in [0.1, 0.15) is 0 Å². The lowest BCUT2D eigenvalue weighted by atomic mass is 10.1. The van der Waals surface area contributed by atoms with Gasteiger partial charge < -0.3 is 10.1 Å². The Morgan fingerprint density at radius 2 is 1.52 bits per heavy atom. The molecule has 0 heterocycles. The van der Waals surface area contributed by atoms with Crippen LogP contribution in [-0.4, -0.2) is 12.6 Å². The van der Waals surface area contributed by atoms with E-state index in [4.69, 9.17) is 4.74 Å². The number of hydrogen-bond donors (Lipinski definition) is 1. The van der Waals surface area contributed by atoms with E-state index in [0.29, 0.717) is 12.6 Å². The maximum atomic E-state index is 5.76. The van der Waals surface area contributed by atoms with E-state index in [-0.39, 0.29) is 0 Å². The minimum absolute atomic E-state index is 0.515. The van der Waals surface area contributed by atoms with Gasteiger partial charge in [0.2, 0.25) is 0 Å². The summed E-state index contributed by atoms with van der Waals surface area (Å²) >= 11 is 0. The van der Waals surface area contributed by atoms with E-state index < -0.39 is 0 Å². The third kappa shape index (κ3) is 6.11. The lowest BCUT2D eigenvalue weighted by molar-refractivity contribution is 0.110. The highest BCUT2D eigenvalue weighted by Crippen LogP contribution is 2.05. The molecule has 0 aliphatic carbocycles. The van der Waals surface area contributed by atoms with Crippen LogP contribution in [0, 0.1) is 0 Å². The zero-order valence-corrected chi connectivity index (χ0v) is 12.8. The molecule has 2 nitrogen and oxygen atoms in total. The monoisotopic (exact) mass is 283 g/mol. The van der Waals surface area contributed by atoms with Crippen molar-refractivity contribution in [3.8, 4) is 0 Å². The highest BCUT2D eigenvalue weighted by atomic mass is 16.5. The number of hydrogen-bond acceptors (Lipinski definition) is 2. The summed E-state index contributed by atoms with van der Waals surface area (Å²) in [5.74, 6) is 0. The van der Waals surface area contributed by atoms with Crippen molar-refractivity contribution in [2.45, 2.75) is 39.0 Å². The standard InChI is InChI=1S/C19H25NO/c1-2-19(20-15-17-9-5-3-6-10-17)13-14-21-16-18-11-7-4-8-12-18/h3-12,19-20H,2,13-16H2,1H3/t19-/m1/s1. The molecule has 21 heavy (non-hydrogen) atoms. The van der Waals surface area contributed by atoms with Crippen molar-refractivity contribution in [2.24, 2.45) is 0 Å². The first-order valence-corrected chi connectivity index (χ1v) is 7.77. The second-order valence-electron chi connectivity index (χ2n) is 5.30. The lowest BCUT2D eigenvalue weighted by Crippen LogP contribution is -2.29. The second-order valence-corrected chi connectivity index (χ2v) is 5.30. The molecule has 0 aromatic heterocycles. The molecule has 0 radical (unpaired) electrons. The molecule has 0 fully saturated rings. The van der Waals surface area contributed by atoms with Crippen LogP contribution in [0.2, 0.25) is 0 Å². The molecule has 0 saturated carbocycles. The van der Waals surface area contributed by atoms with Crippen molar-refractivity contribution >= 4 is 0 Å². The molecule has 2 heteroatoms. The molecular formula is C19H25NO. The molecule has 0 amide bonds. The molecule has 1 atom stereocenters. The van der Waals surface area contributed by atoms with Gasteiger partial charge in [-0.05, 0) is 24.0 Å². The van der Waals surface area contributed by atoms with Gasteiger partial charge in [-0.1, -0.05) is 67.6 Å². The Morgan fingerprint density at radius 1 is 0.905 bits per heavy atom. The molecule has 2 rings (SSSR count). The zero-order chi connectivity index (χ0) is 14.8. The van der Waals surface area contributed by atoms with Crippen molar-refractivity contribution in [1.29, 1.82) is 0 Å². The first-order chi connectivity index (χ1) is 10.4. The number of rotatable bonds is 9. The van der Waals surface area contributed by atoms with E-state index in [0.717, 1.165) is 26.0 Å². The SMILES string of the molecule is CC[C@H](CCOCc1ccccc1)NCc1ccccc1. The summed E-state index contributed by atoms with van der Waals surface area (Å²) in [6.45, 7) is 4.66. The third-order valence-electron chi connectivity index (χ3n) is 3.65. The Morgan fingerprint density at radius 3 is 2.14 bits per heavy atom. The molecule has 0 unspecified atom stereocenters. The zero-order valence-electron chi connectivity index (χ0n) is 12.8. The molecule has 0 spiro atoms. The Balaban J connectivity index is 1.63. The average molecular weight is 283 g/mol. The van der Waals surface area contributed by atoms with Crippen LogP contribution >= 0.6 is 0 Å². The predicted molar refractivity (Wildman–Crippen MR) is 88.1 cm³/mol. The van der Waals surface area contributed by atoms with Crippen LogP contribution in [0.5, 0.6) is 0 Å². The largest absolute Gasteiger partial charge is 0.377 e. The number of ether oxygens (including phenoxy) is 1. The summed E-state index contributed by atoms with van der Waals surface area (Å²) in [7, 11) is 0. The normalized spacial score (nSPS) is 12.2. The maximum absolute atomic E-state index is 5.76. The van der Waals surface area contributed by atoms with E-state index in [1.165, 1.54) is 11.1 Å². The Hall–Kier alpha value is -1.64. The summed E-state index contributed by atoms with van der Waals surface area (Å²) in [6, 6.07) is 21.4. The quantitative estimate of drug-likeness (QED) is 0.698. The summed E-state index contributed by atoms with van der Waals surface area (Å²) in [5.41, 5.74) is 2.57. The van der Waals surface area contributed by atoms with E-state index in [1.54, 1.807) is 0 Å². The van der Waals surface area contributed by atoms with E-state index in [9.17, 15) is 0 Å². The third-order valence-corrected chi connectivity index (χ3v) is 3.65. The maximum Gasteiger partial charge on any atom is 0.0716 e. The van der Waals surface area contributed by atoms with Gasteiger partial charge in [0, 0.05) is 19.2 Å². The van der Waals surface area contributed by atoms with Crippen LogP contribution in [-0.2, 0) is 17.9 Å². The predicted octanol–water partition coefficient (Wildman–Crippen LogP) is 4.16. The Bertz CT molecular complexity index is 483. The van der Waals surface area contributed by atoms with Crippen molar-refractivity contribution < 1.29 is 4.74 Å². The van der Waals surface area contributed by atoms with Gasteiger partial charge in [0.25, 0.3) is 0 Å². The molecular weight excluding hydrogens is 258 g/mol. The number of benzene rings is 2. The van der Waals surface area contributed by atoms with E-state index >= 15 is 0 Å². The molecule has 2 aromatic rings. The smallest absolute Gasteiger partial charge is 0.0716 e. The van der Waals surface area contributed by atoms with Crippen molar-refractivity contribution in [1.82, 2.24) is 5.32 Å². The Kier molecular flexibility index (Phi) is 6.99. The average Bonchev–Trinajstić information content (AvgIpc) is 2.56. The Labute approximate surface area is 128 Å². The van der Waals surface area contributed by atoms with Gasteiger partial charge >= 0.3 is 0 Å². The van der Waals surface area contributed by atoms with Gasteiger partial charge in [0.15, 0.2) is 0 Å². The number of nitrogens with one attached hydrogen (secondary N) is 1. The van der Waals surface area contributed by atoms with Gasteiger partial charge in [-0.3, -0.25) is 0 Å². The first kappa shape index (κ1) is 15.7. The van der Waals surface area contributed by atoms with Gasteiger partial charge in [-0.2, -0.15) is 0 Å². The summed E-state index contributed by atoms with van der Waals surface area (Å²) in [4.78, 5) is 0. The second kappa shape index (κ2) is 9.32. The van der Waals surface area contributed by atoms with Gasteiger partial charge in [-0.25, -0.2) is 0 Å². The lowest BCUT2D eigenvalue weighted by Gasteiger charge is -2.17. The van der Waals surface area contributed by atoms with Crippen LogP contribution in [0.25, 0.3) is 0 Å². The molecule has 1 N–H and O–H groups in total. The minimum atomic E-state index is 0.515. The molecule has 0 saturated heterocycles. The summed E-state index contributed by atoms with van der Waals surface area (Å²) in [6.07, 6.45) is 2.18. The minimum Gasteiger partial charge on any atom is -0.377 e. The summed E-state index contributed by atoms with van der Waals surface area (Å²) in [5, 5.41) is 3.60. The summed E-state index contributed by atoms with van der Waals surface area (Å²) < 4.78 is 5.76. The van der Waals surface area contributed by atoms with Crippen molar-refractivity contribution in [3.05, 3.63) is 71.8 Å². The van der Waals surface area contributed by atoms with Crippen LogP contribution < -0.4 is 5.32 Å². The molecule has 2 aromatic carbocycles. The van der Waals surface area contributed by atoms with Crippen LogP contribution in [0.3, 0.4) is 0 Å². The fourth-order valence-corrected chi connectivity index (χ4v) is 2.30. The van der Waals surface area contributed by atoms with Crippen LogP contribution in [0.15, 0.2) is 60.7 Å². The van der Waals surface area contributed by atoms with Gasteiger partial charge in [-0.15, -0.1) is 0 Å². The first-order valence-electron chi connectivity index (χ1n) is 7.77.